The highest BCUT2D eigenvalue weighted by molar-refractivity contribution is 5.97. The largest absolute Gasteiger partial charge is 0.507 e. The van der Waals surface area contributed by atoms with E-state index in [4.69, 9.17) is 4.74 Å². The van der Waals surface area contributed by atoms with E-state index in [0.29, 0.717) is 18.7 Å². The first kappa shape index (κ1) is 14.8. The summed E-state index contributed by atoms with van der Waals surface area (Å²) in [5.41, 5.74) is 0.692. The Balaban J connectivity index is 2.25. The summed E-state index contributed by atoms with van der Waals surface area (Å²) in [4.78, 5) is 14.2. The molecule has 1 aromatic rings. The minimum atomic E-state index is -0.513. The summed E-state index contributed by atoms with van der Waals surface area (Å²) in [6.45, 7) is 6.25. The maximum Gasteiger partial charge on any atom is 0.257 e. The molecule has 2 N–H and O–H groups in total. The van der Waals surface area contributed by atoms with Crippen LogP contribution in [-0.2, 0) is 4.74 Å². The Bertz CT molecular complexity index is 513. The van der Waals surface area contributed by atoms with Crippen LogP contribution in [0.4, 0.5) is 0 Å². The number of aliphatic hydroxyl groups excluding tert-OH is 1. The lowest BCUT2D eigenvalue weighted by atomic mass is 10.0. The predicted octanol–water partition coefficient (Wildman–Crippen LogP) is 1.31. The third-order valence-corrected chi connectivity index (χ3v) is 3.35. The molecule has 1 fully saturated rings. The molecule has 0 saturated carbocycles. The van der Waals surface area contributed by atoms with Crippen molar-refractivity contribution in [2.45, 2.75) is 32.5 Å². The van der Waals surface area contributed by atoms with Crippen molar-refractivity contribution < 1.29 is 19.7 Å². The topological polar surface area (TPSA) is 70.0 Å². The number of rotatable bonds is 2. The molecule has 0 bridgehead atoms. The van der Waals surface area contributed by atoms with Crippen molar-refractivity contribution in [3.05, 3.63) is 29.3 Å². The van der Waals surface area contributed by atoms with Crippen molar-refractivity contribution in [2.24, 2.45) is 0 Å². The summed E-state index contributed by atoms with van der Waals surface area (Å²) in [6, 6.07) is 4.96. The minimum Gasteiger partial charge on any atom is -0.507 e. The number of benzene rings is 1. The number of phenolic OH excluding ortho intramolecular Hbond substituents is 1. The van der Waals surface area contributed by atoms with E-state index in [-0.39, 0.29) is 18.3 Å². The third-order valence-electron chi connectivity index (χ3n) is 3.35. The number of aromatic hydroxyl groups is 1. The standard InChI is InChI=1S/C15H21NO4/c1-10-4-5-13(18)12(6-10)14(19)16-7-11(8-17)20-15(2,3)9-16/h4-6,11,17-18H,7-9H2,1-3H3. The summed E-state index contributed by atoms with van der Waals surface area (Å²) in [5, 5.41) is 19.1. The Morgan fingerprint density at radius 2 is 2.20 bits per heavy atom. The average Bonchev–Trinajstić information content (AvgIpc) is 2.38. The lowest BCUT2D eigenvalue weighted by Crippen LogP contribution is -2.55. The Labute approximate surface area is 118 Å². The maximum absolute atomic E-state index is 12.6. The van der Waals surface area contributed by atoms with Crippen LogP contribution in [-0.4, -0.2) is 52.4 Å². The van der Waals surface area contributed by atoms with Crippen molar-refractivity contribution in [3.8, 4) is 5.75 Å². The fourth-order valence-electron chi connectivity index (χ4n) is 2.54. The molecule has 1 amide bonds. The normalized spacial score (nSPS) is 21.8. The van der Waals surface area contributed by atoms with E-state index in [0.717, 1.165) is 5.56 Å². The molecule has 2 rings (SSSR count). The number of ether oxygens (including phenoxy) is 1. The van der Waals surface area contributed by atoms with Crippen molar-refractivity contribution in [2.75, 3.05) is 19.7 Å². The highest BCUT2D eigenvalue weighted by Crippen LogP contribution is 2.25. The molecule has 1 saturated heterocycles. The van der Waals surface area contributed by atoms with Gasteiger partial charge in [-0.3, -0.25) is 4.79 Å². The van der Waals surface area contributed by atoms with Crippen LogP contribution in [0.3, 0.4) is 0 Å². The van der Waals surface area contributed by atoms with E-state index in [1.54, 1.807) is 17.0 Å². The quantitative estimate of drug-likeness (QED) is 0.856. The van der Waals surface area contributed by atoms with E-state index in [2.05, 4.69) is 0 Å². The van der Waals surface area contributed by atoms with Gasteiger partial charge in [-0.25, -0.2) is 0 Å². The van der Waals surface area contributed by atoms with Gasteiger partial charge in [-0.1, -0.05) is 11.6 Å². The zero-order chi connectivity index (χ0) is 14.9. The third kappa shape index (κ3) is 3.11. The number of carbonyl (C=O) groups is 1. The molecule has 1 aromatic carbocycles. The number of phenols is 1. The zero-order valence-corrected chi connectivity index (χ0v) is 12.1. The van der Waals surface area contributed by atoms with Crippen LogP contribution in [0.2, 0.25) is 0 Å². The zero-order valence-electron chi connectivity index (χ0n) is 12.1. The number of hydrogen-bond acceptors (Lipinski definition) is 4. The first-order valence-electron chi connectivity index (χ1n) is 6.70. The molecule has 0 aromatic heterocycles. The first-order chi connectivity index (χ1) is 9.32. The lowest BCUT2D eigenvalue weighted by molar-refractivity contribution is -0.139. The molecular formula is C15H21NO4. The molecule has 0 spiro atoms. The molecule has 5 heteroatoms. The lowest BCUT2D eigenvalue weighted by Gasteiger charge is -2.42. The number of carbonyl (C=O) groups excluding carboxylic acids is 1. The average molecular weight is 279 g/mol. The van der Waals surface area contributed by atoms with E-state index in [1.807, 2.05) is 20.8 Å². The van der Waals surface area contributed by atoms with Gasteiger partial charge in [0.2, 0.25) is 0 Å². The van der Waals surface area contributed by atoms with Gasteiger partial charge < -0.3 is 19.8 Å². The van der Waals surface area contributed by atoms with Gasteiger partial charge in [-0.15, -0.1) is 0 Å². The maximum atomic E-state index is 12.6. The molecule has 0 radical (unpaired) electrons. The van der Waals surface area contributed by atoms with Crippen LogP contribution < -0.4 is 0 Å². The number of aryl methyl sites for hydroxylation is 1. The van der Waals surface area contributed by atoms with Gasteiger partial charge >= 0.3 is 0 Å². The second-order valence-corrected chi connectivity index (χ2v) is 5.89. The highest BCUT2D eigenvalue weighted by atomic mass is 16.5. The fourth-order valence-corrected chi connectivity index (χ4v) is 2.54. The second-order valence-electron chi connectivity index (χ2n) is 5.89. The first-order valence-corrected chi connectivity index (χ1v) is 6.70. The molecule has 5 nitrogen and oxygen atoms in total. The van der Waals surface area contributed by atoms with E-state index in [9.17, 15) is 15.0 Å². The van der Waals surface area contributed by atoms with Gasteiger partial charge in [0.15, 0.2) is 0 Å². The summed E-state index contributed by atoms with van der Waals surface area (Å²) < 4.78 is 5.69. The van der Waals surface area contributed by atoms with Crippen LogP contribution in [0.25, 0.3) is 0 Å². The van der Waals surface area contributed by atoms with Gasteiger partial charge in [0.1, 0.15) is 5.75 Å². The smallest absolute Gasteiger partial charge is 0.257 e. The van der Waals surface area contributed by atoms with Crippen LogP contribution >= 0.6 is 0 Å². The van der Waals surface area contributed by atoms with Crippen molar-refractivity contribution in [1.29, 1.82) is 0 Å². The molecule has 1 heterocycles. The summed E-state index contributed by atoms with van der Waals surface area (Å²) >= 11 is 0. The fraction of sp³-hybridized carbons (Fsp3) is 0.533. The van der Waals surface area contributed by atoms with Crippen LogP contribution in [0.1, 0.15) is 29.8 Å². The number of nitrogens with zero attached hydrogens (tertiary/aromatic N) is 1. The van der Waals surface area contributed by atoms with Gasteiger partial charge in [0.25, 0.3) is 5.91 Å². The van der Waals surface area contributed by atoms with Gasteiger partial charge in [-0.2, -0.15) is 0 Å². The molecule has 20 heavy (non-hydrogen) atoms. The summed E-state index contributed by atoms with van der Waals surface area (Å²) in [6.07, 6.45) is -0.394. The van der Waals surface area contributed by atoms with Gasteiger partial charge in [-0.05, 0) is 32.9 Å². The Kier molecular flexibility index (Phi) is 4.01. The summed E-state index contributed by atoms with van der Waals surface area (Å²) in [5.74, 6) is -0.258. The molecule has 1 unspecified atom stereocenters. The number of amides is 1. The van der Waals surface area contributed by atoms with Crippen molar-refractivity contribution in [3.63, 3.8) is 0 Å². The van der Waals surface area contributed by atoms with Crippen molar-refractivity contribution in [1.82, 2.24) is 4.90 Å². The SMILES string of the molecule is Cc1ccc(O)c(C(=O)N2CC(CO)OC(C)(C)C2)c1. The van der Waals surface area contributed by atoms with E-state index in [1.165, 1.54) is 6.07 Å². The predicted molar refractivity (Wildman–Crippen MR) is 74.8 cm³/mol. The number of hydrogen-bond donors (Lipinski definition) is 2. The molecule has 1 atom stereocenters. The van der Waals surface area contributed by atoms with Crippen LogP contribution in [0, 0.1) is 6.92 Å². The van der Waals surface area contributed by atoms with Gasteiger partial charge in [0.05, 0.1) is 23.9 Å². The molecule has 1 aliphatic rings. The Hall–Kier alpha value is -1.59. The molecule has 0 aliphatic carbocycles. The molecular weight excluding hydrogens is 258 g/mol. The van der Waals surface area contributed by atoms with Crippen molar-refractivity contribution >= 4 is 5.91 Å². The van der Waals surface area contributed by atoms with Gasteiger partial charge in [0, 0.05) is 13.1 Å². The van der Waals surface area contributed by atoms with E-state index >= 15 is 0 Å². The Morgan fingerprint density at radius 3 is 2.85 bits per heavy atom. The number of morpholine rings is 1. The minimum absolute atomic E-state index is 0.0227. The number of aliphatic hydroxyl groups is 1. The monoisotopic (exact) mass is 279 g/mol. The Morgan fingerprint density at radius 1 is 1.50 bits per heavy atom. The second kappa shape index (κ2) is 5.42. The highest BCUT2D eigenvalue weighted by Gasteiger charge is 2.36. The summed E-state index contributed by atoms with van der Waals surface area (Å²) in [7, 11) is 0. The molecule has 110 valence electrons. The van der Waals surface area contributed by atoms with Crippen LogP contribution in [0.15, 0.2) is 18.2 Å². The van der Waals surface area contributed by atoms with Crippen LogP contribution in [0.5, 0.6) is 5.75 Å². The molecule has 1 aliphatic heterocycles. The van der Waals surface area contributed by atoms with E-state index < -0.39 is 11.7 Å².